The van der Waals surface area contributed by atoms with Crippen LogP contribution in [-0.2, 0) is 4.74 Å². The highest BCUT2D eigenvalue weighted by Crippen LogP contribution is 2.20. The van der Waals surface area contributed by atoms with E-state index in [-0.39, 0.29) is 24.7 Å². The first-order valence-corrected chi connectivity index (χ1v) is 6.70. The van der Waals surface area contributed by atoms with Crippen molar-refractivity contribution in [3.63, 3.8) is 0 Å². The minimum absolute atomic E-state index is 0.00582. The fraction of sp³-hybridized carbons (Fsp3) is 0.500. The third kappa shape index (κ3) is 3.08. The number of nitrogens with zero attached hydrogens (tertiary/aromatic N) is 1. The van der Waals surface area contributed by atoms with Crippen molar-refractivity contribution in [1.29, 1.82) is 0 Å². The van der Waals surface area contributed by atoms with Gasteiger partial charge in [0.25, 0.3) is 5.91 Å². The number of aliphatic hydroxyl groups is 1. The predicted molar refractivity (Wildman–Crippen MR) is 73.5 cm³/mol. The highest BCUT2D eigenvalue weighted by Gasteiger charge is 2.29. The molecule has 1 fully saturated rings. The summed E-state index contributed by atoms with van der Waals surface area (Å²) in [6.07, 6.45) is -0.298. The number of aryl methyl sites for hydroxylation is 1. The number of hydrogen-bond acceptors (Lipinski definition) is 3. The molecule has 1 aliphatic rings. The maximum absolute atomic E-state index is 12.5. The minimum Gasteiger partial charge on any atom is -0.394 e. The van der Waals surface area contributed by atoms with Crippen molar-refractivity contribution in [2.24, 2.45) is 0 Å². The fourth-order valence-electron chi connectivity index (χ4n) is 2.15. The lowest BCUT2D eigenvalue weighted by molar-refractivity contribution is -0.0667. The molecule has 0 aliphatic carbocycles. The lowest BCUT2D eigenvalue weighted by atomic mass is 10.1. The van der Waals surface area contributed by atoms with Crippen LogP contribution in [0.25, 0.3) is 0 Å². The molecule has 0 aromatic heterocycles. The number of amides is 1. The van der Waals surface area contributed by atoms with Crippen molar-refractivity contribution < 1.29 is 14.6 Å². The van der Waals surface area contributed by atoms with Crippen LogP contribution in [0, 0.1) is 6.92 Å². The Morgan fingerprint density at radius 2 is 2.32 bits per heavy atom. The molecule has 1 aromatic carbocycles. The summed E-state index contributed by atoms with van der Waals surface area (Å²) in [4.78, 5) is 14.2. The van der Waals surface area contributed by atoms with Crippen molar-refractivity contribution in [1.82, 2.24) is 4.90 Å². The van der Waals surface area contributed by atoms with Crippen molar-refractivity contribution in [3.8, 4) is 0 Å². The first-order chi connectivity index (χ1) is 9.02. The quantitative estimate of drug-likeness (QED) is 0.901. The lowest BCUT2D eigenvalue weighted by Crippen LogP contribution is -2.52. The predicted octanol–water partition coefficient (Wildman–Crippen LogP) is 1.87. The molecule has 1 saturated heterocycles. The second kappa shape index (κ2) is 5.90. The molecular weight excluding hydrogens is 266 g/mol. The SMILES string of the molecule is Cc1cc(C(=O)N2C[C@@H](CO)OC[C@H]2C)ccc1Cl. The van der Waals surface area contributed by atoms with E-state index in [4.69, 9.17) is 21.4 Å². The number of halogens is 1. The summed E-state index contributed by atoms with van der Waals surface area (Å²) in [5, 5.41) is 9.80. The Morgan fingerprint density at radius 1 is 1.58 bits per heavy atom. The smallest absolute Gasteiger partial charge is 0.254 e. The molecule has 2 atom stereocenters. The van der Waals surface area contributed by atoms with Crippen LogP contribution in [-0.4, -0.2) is 47.8 Å². The van der Waals surface area contributed by atoms with Crippen LogP contribution in [0.1, 0.15) is 22.8 Å². The minimum atomic E-state index is -0.298. The average Bonchev–Trinajstić information content (AvgIpc) is 2.41. The fourth-order valence-corrected chi connectivity index (χ4v) is 2.27. The standard InChI is InChI=1S/C14H18ClNO3/c1-9-5-11(3-4-13(9)15)14(18)16-6-12(7-17)19-8-10(16)2/h3-5,10,12,17H,6-8H2,1-2H3/t10-,12+/m1/s1. The highest BCUT2D eigenvalue weighted by molar-refractivity contribution is 6.31. The van der Waals surface area contributed by atoms with Crippen molar-refractivity contribution >= 4 is 17.5 Å². The number of hydrogen-bond donors (Lipinski definition) is 1. The van der Waals surface area contributed by atoms with Crippen LogP contribution in [0.2, 0.25) is 5.02 Å². The van der Waals surface area contributed by atoms with Gasteiger partial charge < -0.3 is 14.7 Å². The number of ether oxygens (including phenoxy) is 1. The Bertz CT molecular complexity index is 478. The van der Waals surface area contributed by atoms with E-state index in [9.17, 15) is 4.79 Å². The van der Waals surface area contributed by atoms with Gasteiger partial charge in [0.15, 0.2) is 0 Å². The summed E-state index contributed by atoms with van der Waals surface area (Å²) in [6, 6.07) is 5.26. The van der Waals surface area contributed by atoms with E-state index in [2.05, 4.69) is 0 Å². The van der Waals surface area contributed by atoms with Crippen LogP contribution in [0.5, 0.6) is 0 Å². The third-order valence-electron chi connectivity index (χ3n) is 3.37. The Kier molecular flexibility index (Phi) is 4.45. The molecule has 1 aromatic rings. The van der Waals surface area contributed by atoms with E-state index in [0.29, 0.717) is 23.7 Å². The van der Waals surface area contributed by atoms with Crippen molar-refractivity contribution in [2.45, 2.75) is 26.0 Å². The second-order valence-electron chi connectivity index (χ2n) is 4.91. The summed E-state index contributed by atoms with van der Waals surface area (Å²) in [5.74, 6) is -0.0472. The molecule has 0 saturated carbocycles. The summed E-state index contributed by atoms with van der Waals surface area (Å²) >= 11 is 5.97. The van der Waals surface area contributed by atoms with Gasteiger partial charge in [-0.05, 0) is 37.6 Å². The maximum Gasteiger partial charge on any atom is 0.254 e. The molecular formula is C14H18ClNO3. The van der Waals surface area contributed by atoms with Gasteiger partial charge in [-0.25, -0.2) is 0 Å². The topological polar surface area (TPSA) is 49.8 Å². The average molecular weight is 284 g/mol. The van der Waals surface area contributed by atoms with Gasteiger partial charge in [-0.1, -0.05) is 11.6 Å². The molecule has 0 unspecified atom stereocenters. The van der Waals surface area contributed by atoms with Crippen LogP contribution < -0.4 is 0 Å². The number of benzene rings is 1. The van der Waals surface area contributed by atoms with Gasteiger partial charge in [-0.15, -0.1) is 0 Å². The molecule has 0 spiro atoms. The molecule has 1 amide bonds. The van der Waals surface area contributed by atoms with E-state index in [1.54, 1.807) is 23.1 Å². The van der Waals surface area contributed by atoms with E-state index in [1.807, 2.05) is 13.8 Å². The summed E-state index contributed by atoms with van der Waals surface area (Å²) < 4.78 is 5.43. The van der Waals surface area contributed by atoms with E-state index in [0.717, 1.165) is 5.56 Å². The van der Waals surface area contributed by atoms with Crippen LogP contribution in [0.15, 0.2) is 18.2 Å². The summed E-state index contributed by atoms with van der Waals surface area (Å²) in [7, 11) is 0. The van der Waals surface area contributed by atoms with E-state index in [1.165, 1.54) is 0 Å². The van der Waals surface area contributed by atoms with Gasteiger partial charge in [0, 0.05) is 17.1 Å². The number of rotatable bonds is 2. The first-order valence-electron chi connectivity index (χ1n) is 6.32. The second-order valence-corrected chi connectivity index (χ2v) is 5.32. The molecule has 1 aliphatic heterocycles. The number of morpholine rings is 1. The molecule has 1 N–H and O–H groups in total. The summed E-state index contributed by atoms with van der Waals surface area (Å²) in [5.41, 5.74) is 1.50. The van der Waals surface area contributed by atoms with Crippen molar-refractivity contribution in [2.75, 3.05) is 19.8 Å². The summed E-state index contributed by atoms with van der Waals surface area (Å²) in [6.45, 7) is 4.60. The molecule has 0 radical (unpaired) electrons. The van der Waals surface area contributed by atoms with Gasteiger partial charge >= 0.3 is 0 Å². The Hall–Kier alpha value is -1.10. The highest BCUT2D eigenvalue weighted by atomic mass is 35.5. The third-order valence-corrected chi connectivity index (χ3v) is 3.80. The van der Waals surface area contributed by atoms with Gasteiger partial charge in [0.1, 0.15) is 0 Å². The van der Waals surface area contributed by atoms with Gasteiger partial charge in [0.2, 0.25) is 0 Å². The molecule has 4 nitrogen and oxygen atoms in total. The Balaban J connectivity index is 2.19. The number of carbonyl (C=O) groups is 1. The van der Waals surface area contributed by atoms with E-state index >= 15 is 0 Å². The lowest BCUT2D eigenvalue weighted by Gasteiger charge is -2.37. The number of aliphatic hydroxyl groups excluding tert-OH is 1. The largest absolute Gasteiger partial charge is 0.394 e. The van der Waals surface area contributed by atoms with Gasteiger partial charge in [-0.2, -0.15) is 0 Å². The van der Waals surface area contributed by atoms with Crippen LogP contribution in [0.3, 0.4) is 0 Å². The Morgan fingerprint density at radius 3 is 2.95 bits per heavy atom. The van der Waals surface area contributed by atoms with Crippen LogP contribution >= 0.6 is 11.6 Å². The molecule has 19 heavy (non-hydrogen) atoms. The van der Waals surface area contributed by atoms with Crippen molar-refractivity contribution in [3.05, 3.63) is 34.3 Å². The zero-order valence-corrected chi connectivity index (χ0v) is 11.9. The van der Waals surface area contributed by atoms with Crippen LogP contribution in [0.4, 0.5) is 0 Å². The molecule has 104 valence electrons. The maximum atomic E-state index is 12.5. The number of carbonyl (C=O) groups excluding carboxylic acids is 1. The van der Waals surface area contributed by atoms with Gasteiger partial charge in [-0.3, -0.25) is 4.79 Å². The molecule has 5 heteroatoms. The first kappa shape index (κ1) is 14.3. The molecule has 2 rings (SSSR count). The Labute approximate surface area is 117 Å². The molecule has 0 bridgehead atoms. The zero-order valence-electron chi connectivity index (χ0n) is 11.1. The zero-order chi connectivity index (χ0) is 14.0. The van der Waals surface area contributed by atoms with Gasteiger partial charge in [0.05, 0.1) is 25.4 Å². The van der Waals surface area contributed by atoms with E-state index < -0.39 is 0 Å². The normalized spacial score (nSPS) is 23.5. The molecule has 1 heterocycles. The monoisotopic (exact) mass is 283 g/mol.